The van der Waals surface area contributed by atoms with Gasteiger partial charge in [-0.1, -0.05) is 12.1 Å². The van der Waals surface area contributed by atoms with Crippen molar-refractivity contribution in [2.45, 2.75) is 13.1 Å². The van der Waals surface area contributed by atoms with Gasteiger partial charge in [-0.3, -0.25) is 9.80 Å². The lowest BCUT2D eigenvalue weighted by Crippen LogP contribution is -2.36. The number of carbonyl (C=O) groups excluding carboxylic acids is 2. The molecule has 3 aromatic rings. The van der Waals surface area contributed by atoms with Crippen molar-refractivity contribution >= 4 is 17.9 Å². The summed E-state index contributed by atoms with van der Waals surface area (Å²) in [6.07, 6.45) is 0.331. The Bertz CT molecular complexity index is 1190. The summed E-state index contributed by atoms with van der Waals surface area (Å²) in [7, 11) is 0. The third-order valence-electron chi connectivity index (χ3n) is 5.10. The van der Waals surface area contributed by atoms with Crippen LogP contribution in [0.1, 0.15) is 11.1 Å². The minimum absolute atomic E-state index is 0.0152. The molecule has 1 aromatic heterocycles. The topological polar surface area (TPSA) is 94.1 Å². The van der Waals surface area contributed by atoms with E-state index in [1.165, 1.54) is 22.1 Å². The Kier molecular flexibility index (Phi) is 5.02. The zero-order valence-electron chi connectivity index (χ0n) is 16.7. The Morgan fingerprint density at radius 1 is 1.09 bits per heavy atom. The number of aromatic nitrogens is 2. The van der Waals surface area contributed by atoms with Crippen molar-refractivity contribution in [1.82, 2.24) is 15.1 Å². The number of rotatable bonds is 5. The molecule has 9 nitrogen and oxygen atoms in total. The van der Waals surface area contributed by atoms with Crippen LogP contribution in [0.5, 0.6) is 17.4 Å². The van der Waals surface area contributed by atoms with Crippen LogP contribution in [0, 0.1) is 5.82 Å². The van der Waals surface area contributed by atoms with E-state index in [4.69, 9.17) is 14.2 Å². The van der Waals surface area contributed by atoms with Gasteiger partial charge in [-0.05, 0) is 24.3 Å². The molecule has 2 aliphatic rings. The fourth-order valence-corrected chi connectivity index (χ4v) is 3.55. The van der Waals surface area contributed by atoms with Gasteiger partial charge < -0.3 is 14.2 Å². The summed E-state index contributed by atoms with van der Waals surface area (Å²) in [5.41, 5.74) is 1.14. The van der Waals surface area contributed by atoms with Crippen molar-refractivity contribution < 1.29 is 28.2 Å². The van der Waals surface area contributed by atoms with E-state index in [9.17, 15) is 9.59 Å². The summed E-state index contributed by atoms with van der Waals surface area (Å²) >= 11 is 0. The van der Waals surface area contributed by atoms with E-state index >= 15 is 4.39 Å². The van der Waals surface area contributed by atoms with E-state index in [2.05, 4.69) is 10.2 Å². The van der Waals surface area contributed by atoms with Gasteiger partial charge in [0.25, 0.3) is 0 Å². The average Bonchev–Trinajstić information content (AvgIpc) is 3.22. The smallest absolute Gasteiger partial charge is 0.415 e. The van der Waals surface area contributed by atoms with Gasteiger partial charge in [-0.25, -0.2) is 14.0 Å². The number of anilines is 1. The lowest BCUT2D eigenvalue weighted by molar-refractivity contribution is 0.134. The van der Waals surface area contributed by atoms with Crippen LogP contribution in [0.25, 0.3) is 0 Å². The summed E-state index contributed by atoms with van der Waals surface area (Å²) in [5, 5.41) is 7.60. The Morgan fingerprint density at radius 2 is 2.00 bits per heavy atom. The van der Waals surface area contributed by atoms with Crippen molar-refractivity contribution in [2.24, 2.45) is 0 Å². The highest BCUT2D eigenvalue weighted by atomic mass is 19.1. The van der Waals surface area contributed by atoms with Gasteiger partial charge in [0.2, 0.25) is 5.88 Å². The zero-order chi connectivity index (χ0) is 22.1. The molecular formula is C22H17FN4O5. The molecule has 10 heteroatoms. The van der Waals surface area contributed by atoms with Crippen LogP contribution in [-0.2, 0) is 17.8 Å². The number of hydrogen-bond donors (Lipinski definition) is 0. The minimum Gasteiger partial charge on any atom is -0.447 e. The number of carbonyl (C=O) groups is 2. The second-order valence-corrected chi connectivity index (χ2v) is 7.17. The lowest BCUT2D eigenvalue weighted by Gasteiger charge is -2.28. The first-order chi connectivity index (χ1) is 15.6. The summed E-state index contributed by atoms with van der Waals surface area (Å²) < 4.78 is 31.0. The van der Waals surface area contributed by atoms with E-state index in [0.29, 0.717) is 17.4 Å². The molecule has 2 amide bonds. The van der Waals surface area contributed by atoms with Crippen molar-refractivity contribution in [3.8, 4) is 17.4 Å². The maximum absolute atomic E-state index is 15.1. The molecule has 0 unspecified atom stereocenters. The molecule has 2 aliphatic heterocycles. The predicted molar refractivity (Wildman–Crippen MR) is 109 cm³/mol. The Labute approximate surface area is 181 Å². The quantitative estimate of drug-likeness (QED) is 0.599. The molecular weight excluding hydrogens is 419 g/mol. The number of benzene rings is 2. The number of nitrogens with zero attached hydrogens (tertiary/aromatic N) is 4. The van der Waals surface area contributed by atoms with Crippen molar-refractivity contribution in [1.29, 1.82) is 0 Å². The third kappa shape index (κ3) is 3.78. The van der Waals surface area contributed by atoms with Crippen LogP contribution in [-0.4, -0.2) is 40.4 Å². The second-order valence-electron chi connectivity index (χ2n) is 7.17. The normalized spacial score (nSPS) is 15.3. The maximum Gasteiger partial charge on any atom is 0.415 e. The molecule has 0 spiro atoms. The first-order valence-electron chi connectivity index (χ1n) is 9.85. The largest absolute Gasteiger partial charge is 0.447 e. The molecule has 0 atom stereocenters. The monoisotopic (exact) mass is 436 g/mol. The standard InChI is InChI=1S/C22H17FN4O5/c23-20-15(3-1-4-17(20)27-9-10-30-22(27)29)13-26-12-14-6-7-16(11-18(14)32-21(26)28)31-19-5-2-8-24-25-19/h1-8,11H,9-10,12-13H2. The van der Waals surface area contributed by atoms with E-state index in [-0.39, 0.29) is 37.5 Å². The first-order valence-corrected chi connectivity index (χ1v) is 9.85. The molecule has 5 rings (SSSR count). The summed E-state index contributed by atoms with van der Waals surface area (Å²) in [6.45, 7) is 0.700. The lowest BCUT2D eigenvalue weighted by atomic mass is 10.1. The second kappa shape index (κ2) is 8.14. The van der Waals surface area contributed by atoms with Crippen molar-refractivity contribution in [3.05, 3.63) is 71.7 Å². The minimum atomic E-state index is -0.612. The SMILES string of the molecule is O=C1Oc2cc(Oc3cccnn3)ccc2CN1Cc1cccc(N2CCOC2=O)c1F. The van der Waals surface area contributed by atoms with Crippen LogP contribution in [0.15, 0.2) is 54.7 Å². The van der Waals surface area contributed by atoms with Gasteiger partial charge in [0, 0.05) is 29.5 Å². The predicted octanol–water partition coefficient (Wildman–Crippen LogP) is 3.88. The number of ether oxygens (including phenoxy) is 3. The number of hydrogen-bond acceptors (Lipinski definition) is 7. The third-order valence-corrected chi connectivity index (χ3v) is 5.10. The van der Waals surface area contributed by atoms with E-state index in [1.807, 2.05) is 0 Å². The van der Waals surface area contributed by atoms with Gasteiger partial charge in [0.05, 0.1) is 25.3 Å². The van der Waals surface area contributed by atoms with Crippen LogP contribution in [0.2, 0.25) is 0 Å². The van der Waals surface area contributed by atoms with Crippen LogP contribution in [0.3, 0.4) is 0 Å². The van der Waals surface area contributed by atoms with E-state index in [0.717, 1.165) is 5.56 Å². The fourth-order valence-electron chi connectivity index (χ4n) is 3.55. The Balaban J connectivity index is 1.33. The molecule has 1 saturated heterocycles. The highest BCUT2D eigenvalue weighted by molar-refractivity contribution is 5.89. The highest BCUT2D eigenvalue weighted by Crippen LogP contribution is 2.33. The molecule has 162 valence electrons. The molecule has 32 heavy (non-hydrogen) atoms. The number of amides is 2. The van der Waals surface area contributed by atoms with Crippen LogP contribution >= 0.6 is 0 Å². The van der Waals surface area contributed by atoms with Crippen LogP contribution in [0.4, 0.5) is 19.7 Å². The molecule has 1 fully saturated rings. The van der Waals surface area contributed by atoms with Gasteiger partial charge in [-0.2, -0.15) is 5.10 Å². The molecule has 0 N–H and O–H groups in total. The number of cyclic esters (lactones) is 1. The number of fused-ring (bicyclic) bond motifs is 1. The summed E-state index contributed by atoms with van der Waals surface area (Å²) in [4.78, 5) is 27.0. The molecule has 0 bridgehead atoms. The van der Waals surface area contributed by atoms with Crippen LogP contribution < -0.4 is 14.4 Å². The van der Waals surface area contributed by atoms with E-state index < -0.39 is 18.0 Å². The van der Waals surface area contributed by atoms with Gasteiger partial charge >= 0.3 is 12.2 Å². The van der Waals surface area contributed by atoms with E-state index in [1.54, 1.807) is 42.5 Å². The molecule has 0 radical (unpaired) electrons. The first kappa shape index (κ1) is 19.7. The molecule has 0 aliphatic carbocycles. The maximum atomic E-state index is 15.1. The van der Waals surface area contributed by atoms with Gasteiger partial charge in [0.1, 0.15) is 18.1 Å². The number of halogens is 1. The van der Waals surface area contributed by atoms with Crippen molar-refractivity contribution in [3.63, 3.8) is 0 Å². The zero-order valence-corrected chi connectivity index (χ0v) is 16.7. The Morgan fingerprint density at radius 3 is 2.78 bits per heavy atom. The summed E-state index contributed by atoms with van der Waals surface area (Å²) in [6, 6.07) is 13.2. The van der Waals surface area contributed by atoms with Crippen molar-refractivity contribution in [2.75, 3.05) is 18.1 Å². The molecule has 3 heterocycles. The molecule has 2 aromatic carbocycles. The molecule has 0 saturated carbocycles. The van der Waals surface area contributed by atoms with Gasteiger partial charge in [-0.15, -0.1) is 5.10 Å². The summed E-state index contributed by atoms with van der Waals surface area (Å²) in [5.74, 6) is 0.550. The fraction of sp³-hybridized carbons (Fsp3) is 0.182. The Hall–Kier alpha value is -4.21. The van der Waals surface area contributed by atoms with Gasteiger partial charge in [0.15, 0.2) is 5.82 Å². The highest BCUT2D eigenvalue weighted by Gasteiger charge is 2.29. The average molecular weight is 436 g/mol.